The lowest BCUT2D eigenvalue weighted by Gasteiger charge is -2.30. The highest BCUT2D eigenvalue weighted by atomic mass is 32.2. The molecule has 3 rings (SSSR count). The minimum atomic E-state index is -3.57. The van der Waals surface area contributed by atoms with Crippen LogP contribution < -0.4 is 4.74 Å². The molecule has 0 spiro atoms. The average molecular weight is 416 g/mol. The molecule has 0 atom stereocenters. The monoisotopic (exact) mass is 415 g/mol. The van der Waals surface area contributed by atoms with Crippen LogP contribution in [0.15, 0.2) is 65.6 Å². The van der Waals surface area contributed by atoms with Gasteiger partial charge in [-0.1, -0.05) is 36.4 Å². The van der Waals surface area contributed by atoms with E-state index in [-0.39, 0.29) is 23.4 Å². The number of nitrogens with zero attached hydrogens (tertiary/aromatic N) is 1. The molecule has 154 valence electrons. The molecule has 0 aromatic heterocycles. The Balaban J connectivity index is 1.49. The molecular formula is C22H25NO5S. The van der Waals surface area contributed by atoms with Crippen molar-refractivity contribution in [1.29, 1.82) is 0 Å². The maximum atomic E-state index is 12.8. The lowest BCUT2D eigenvalue weighted by atomic mass is 9.98. The number of hydrogen-bond donors (Lipinski definition) is 0. The normalized spacial score (nSPS) is 16.0. The van der Waals surface area contributed by atoms with Gasteiger partial charge >= 0.3 is 5.97 Å². The lowest BCUT2D eigenvalue weighted by Crippen LogP contribution is -2.40. The zero-order valence-corrected chi connectivity index (χ0v) is 17.2. The van der Waals surface area contributed by atoms with Gasteiger partial charge < -0.3 is 9.47 Å². The van der Waals surface area contributed by atoms with Gasteiger partial charge in [0.2, 0.25) is 10.0 Å². The van der Waals surface area contributed by atoms with Gasteiger partial charge in [-0.3, -0.25) is 4.79 Å². The molecule has 1 aliphatic rings. The van der Waals surface area contributed by atoms with Crippen LogP contribution in [0.5, 0.6) is 5.75 Å². The molecule has 0 amide bonds. The molecule has 1 heterocycles. The minimum Gasteiger partial charge on any atom is -0.497 e. The summed E-state index contributed by atoms with van der Waals surface area (Å²) in [5.74, 6) is 0.0540. The van der Waals surface area contributed by atoms with Crippen LogP contribution in [0.25, 0.3) is 6.08 Å². The molecule has 0 bridgehead atoms. The van der Waals surface area contributed by atoms with Gasteiger partial charge in [0.05, 0.1) is 17.9 Å². The van der Waals surface area contributed by atoms with Crippen molar-refractivity contribution in [2.24, 2.45) is 5.92 Å². The average Bonchev–Trinajstić information content (AvgIpc) is 2.77. The Kier molecular flexibility index (Phi) is 7.06. The number of hydrogen-bond acceptors (Lipinski definition) is 5. The van der Waals surface area contributed by atoms with Crippen LogP contribution in [-0.2, 0) is 19.6 Å². The standard InChI is InChI=1S/C22H25NO5S/c1-27-20-9-11-21(12-10-20)29(25,26)23-15-13-19(14-16-23)22(24)28-17-5-8-18-6-3-2-4-7-18/h2-12,19H,13-17H2,1H3/b8-5+. The molecule has 2 aromatic rings. The molecule has 1 aliphatic heterocycles. The Morgan fingerprint density at radius 2 is 1.72 bits per heavy atom. The second-order valence-corrected chi connectivity index (χ2v) is 8.73. The van der Waals surface area contributed by atoms with Crippen molar-refractivity contribution in [2.45, 2.75) is 17.7 Å². The lowest BCUT2D eigenvalue weighted by molar-refractivity contribution is -0.148. The summed E-state index contributed by atoms with van der Waals surface area (Å²) in [7, 11) is -2.04. The molecule has 6 nitrogen and oxygen atoms in total. The first kappa shape index (κ1) is 21.1. The van der Waals surface area contributed by atoms with Gasteiger partial charge in [0, 0.05) is 13.1 Å². The molecule has 0 saturated carbocycles. The van der Waals surface area contributed by atoms with E-state index >= 15 is 0 Å². The van der Waals surface area contributed by atoms with Crippen molar-refractivity contribution in [3.8, 4) is 5.75 Å². The third-order valence-corrected chi connectivity index (χ3v) is 6.83. The Morgan fingerprint density at radius 3 is 2.34 bits per heavy atom. The number of rotatable bonds is 7. The van der Waals surface area contributed by atoms with Crippen LogP contribution in [0.3, 0.4) is 0 Å². The molecule has 0 radical (unpaired) electrons. The summed E-state index contributed by atoms with van der Waals surface area (Å²) in [6, 6.07) is 16.1. The molecular weight excluding hydrogens is 390 g/mol. The zero-order chi connectivity index (χ0) is 20.7. The highest BCUT2D eigenvalue weighted by Crippen LogP contribution is 2.25. The maximum Gasteiger partial charge on any atom is 0.309 e. The van der Waals surface area contributed by atoms with Crippen LogP contribution >= 0.6 is 0 Å². The fourth-order valence-corrected chi connectivity index (χ4v) is 4.69. The Labute approximate surface area is 171 Å². The van der Waals surface area contributed by atoms with E-state index in [1.54, 1.807) is 18.2 Å². The summed E-state index contributed by atoms with van der Waals surface area (Å²) in [6.07, 6.45) is 4.61. The van der Waals surface area contributed by atoms with E-state index in [1.807, 2.05) is 36.4 Å². The molecule has 7 heteroatoms. The molecule has 2 aromatic carbocycles. The number of sulfonamides is 1. The van der Waals surface area contributed by atoms with Crippen LogP contribution in [-0.4, -0.2) is 45.5 Å². The number of piperidine rings is 1. The van der Waals surface area contributed by atoms with Crippen molar-refractivity contribution in [2.75, 3.05) is 26.8 Å². The summed E-state index contributed by atoms with van der Waals surface area (Å²) >= 11 is 0. The van der Waals surface area contributed by atoms with Crippen molar-refractivity contribution in [3.05, 3.63) is 66.2 Å². The van der Waals surface area contributed by atoms with Gasteiger partial charge in [0.25, 0.3) is 0 Å². The van der Waals surface area contributed by atoms with Gasteiger partial charge in [0.15, 0.2) is 0 Å². The Morgan fingerprint density at radius 1 is 1.07 bits per heavy atom. The highest BCUT2D eigenvalue weighted by Gasteiger charge is 2.32. The Hall–Kier alpha value is -2.64. The first-order valence-electron chi connectivity index (χ1n) is 9.53. The predicted molar refractivity (Wildman–Crippen MR) is 111 cm³/mol. The van der Waals surface area contributed by atoms with Gasteiger partial charge in [-0.05, 0) is 48.7 Å². The van der Waals surface area contributed by atoms with Crippen molar-refractivity contribution >= 4 is 22.1 Å². The molecule has 0 N–H and O–H groups in total. The number of carbonyl (C=O) groups excluding carboxylic acids is 1. The topological polar surface area (TPSA) is 72.9 Å². The van der Waals surface area contributed by atoms with Crippen LogP contribution in [0.1, 0.15) is 18.4 Å². The summed E-state index contributed by atoms with van der Waals surface area (Å²) < 4.78 is 37.4. The number of ether oxygens (including phenoxy) is 2. The third kappa shape index (κ3) is 5.46. The van der Waals surface area contributed by atoms with E-state index in [2.05, 4.69) is 0 Å². The zero-order valence-electron chi connectivity index (χ0n) is 16.4. The van der Waals surface area contributed by atoms with Gasteiger partial charge in [-0.25, -0.2) is 8.42 Å². The quantitative estimate of drug-likeness (QED) is 0.649. The summed E-state index contributed by atoms with van der Waals surface area (Å²) in [4.78, 5) is 12.5. The van der Waals surface area contributed by atoms with E-state index in [4.69, 9.17) is 9.47 Å². The molecule has 0 unspecified atom stereocenters. The fourth-order valence-electron chi connectivity index (χ4n) is 3.23. The highest BCUT2D eigenvalue weighted by molar-refractivity contribution is 7.89. The molecule has 1 fully saturated rings. The number of benzene rings is 2. The molecule has 29 heavy (non-hydrogen) atoms. The first-order valence-corrected chi connectivity index (χ1v) is 11.0. The summed E-state index contributed by atoms with van der Waals surface area (Å²) in [5.41, 5.74) is 1.04. The molecule has 1 saturated heterocycles. The maximum absolute atomic E-state index is 12.8. The number of esters is 1. The SMILES string of the molecule is COc1ccc(S(=O)(=O)N2CCC(C(=O)OC/C=C/c3ccccc3)CC2)cc1. The van der Waals surface area contributed by atoms with Gasteiger partial charge in [-0.2, -0.15) is 4.31 Å². The van der Waals surface area contributed by atoms with Gasteiger partial charge in [-0.15, -0.1) is 0 Å². The number of methoxy groups -OCH3 is 1. The minimum absolute atomic E-state index is 0.206. The largest absolute Gasteiger partial charge is 0.497 e. The van der Waals surface area contributed by atoms with E-state index in [9.17, 15) is 13.2 Å². The fraction of sp³-hybridized carbons (Fsp3) is 0.318. The van der Waals surface area contributed by atoms with Crippen LogP contribution in [0, 0.1) is 5.92 Å². The second-order valence-electron chi connectivity index (χ2n) is 6.80. The van der Waals surface area contributed by atoms with Crippen LogP contribution in [0.4, 0.5) is 0 Å². The molecule has 0 aliphatic carbocycles. The van der Waals surface area contributed by atoms with E-state index < -0.39 is 10.0 Å². The summed E-state index contributed by atoms with van der Waals surface area (Å²) in [5, 5.41) is 0. The summed E-state index contributed by atoms with van der Waals surface area (Å²) in [6.45, 7) is 0.806. The van der Waals surface area contributed by atoms with Crippen molar-refractivity contribution in [1.82, 2.24) is 4.31 Å². The number of carbonyl (C=O) groups is 1. The Bertz CT molecular complexity index is 931. The van der Waals surface area contributed by atoms with E-state index in [1.165, 1.54) is 23.5 Å². The van der Waals surface area contributed by atoms with Gasteiger partial charge in [0.1, 0.15) is 12.4 Å². The van der Waals surface area contributed by atoms with E-state index in [0.29, 0.717) is 31.7 Å². The van der Waals surface area contributed by atoms with E-state index in [0.717, 1.165) is 5.56 Å². The smallest absolute Gasteiger partial charge is 0.309 e. The van der Waals surface area contributed by atoms with Crippen molar-refractivity contribution in [3.63, 3.8) is 0 Å². The second kappa shape index (κ2) is 9.71. The first-order chi connectivity index (χ1) is 14.0. The van der Waals surface area contributed by atoms with Crippen LogP contribution in [0.2, 0.25) is 0 Å². The third-order valence-electron chi connectivity index (χ3n) is 4.92. The predicted octanol–water partition coefficient (Wildman–Crippen LogP) is 3.35. The van der Waals surface area contributed by atoms with Crippen molar-refractivity contribution < 1.29 is 22.7 Å².